The predicted molar refractivity (Wildman–Crippen MR) is 80.2 cm³/mol. The molecular formula is C14H13N3O3S. The molecule has 6 nitrogen and oxygen atoms in total. The van der Waals surface area contributed by atoms with E-state index >= 15 is 0 Å². The maximum absolute atomic E-state index is 12.2. The first-order chi connectivity index (χ1) is 9.97. The third-order valence-electron chi connectivity index (χ3n) is 3.34. The van der Waals surface area contributed by atoms with Crippen LogP contribution in [0.15, 0.2) is 28.4 Å². The zero-order valence-electron chi connectivity index (χ0n) is 11.5. The maximum atomic E-state index is 12.2. The first-order valence-electron chi connectivity index (χ1n) is 6.37. The average molecular weight is 303 g/mol. The van der Waals surface area contributed by atoms with Crippen molar-refractivity contribution in [1.29, 1.82) is 0 Å². The summed E-state index contributed by atoms with van der Waals surface area (Å²) in [4.78, 5) is 30.3. The maximum Gasteiger partial charge on any atom is 0.335 e. The highest BCUT2D eigenvalue weighted by atomic mass is 32.1. The number of thiazole rings is 1. The number of aryl methyl sites for hydroxylation is 1. The van der Waals surface area contributed by atoms with Crippen molar-refractivity contribution in [3.8, 4) is 0 Å². The summed E-state index contributed by atoms with van der Waals surface area (Å²) < 4.78 is 1.60. The number of rotatable bonds is 3. The molecule has 7 heteroatoms. The van der Waals surface area contributed by atoms with E-state index < -0.39 is 5.97 Å². The second-order valence-electron chi connectivity index (χ2n) is 4.84. The summed E-state index contributed by atoms with van der Waals surface area (Å²) in [5.41, 5.74) is 1.98. The van der Waals surface area contributed by atoms with Crippen LogP contribution in [0, 0.1) is 6.92 Å². The second kappa shape index (κ2) is 4.85. The summed E-state index contributed by atoms with van der Waals surface area (Å²) in [5.74, 6) is -1.02. The molecule has 2 aromatic heterocycles. The lowest BCUT2D eigenvalue weighted by atomic mass is 10.2. The molecule has 0 aliphatic carbocycles. The van der Waals surface area contributed by atoms with E-state index in [9.17, 15) is 9.59 Å². The van der Waals surface area contributed by atoms with Crippen LogP contribution in [0.2, 0.25) is 0 Å². The molecule has 0 aliphatic heterocycles. The van der Waals surface area contributed by atoms with Gasteiger partial charge >= 0.3 is 11.7 Å². The zero-order valence-corrected chi connectivity index (χ0v) is 12.3. The number of carboxylic acids is 1. The van der Waals surface area contributed by atoms with Crippen LogP contribution in [-0.2, 0) is 0 Å². The molecule has 0 saturated carbocycles. The van der Waals surface area contributed by atoms with Gasteiger partial charge in [-0.25, -0.2) is 14.6 Å². The molecule has 1 unspecified atom stereocenters. The van der Waals surface area contributed by atoms with Crippen LogP contribution in [0.3, 0.4) is 0 Å². The van der Waals surface area contributed by atoms with E-state index in [0.717, 1.165) is 10.7 Å². The van der Waals surface area contributed by atoms with Gasteiger partial charge in [-0.05, 0) is 32.0 Å². The Morgan fingerprint density at radius 1 is 1.48 bits per heavy atom. The summed E-state index contributed by atoms with van der Waals surface area (Å²) in [7, 11) is 0. The van der Waals surface area contributed by atoms with Crippen molar-refractivity contribution in [3.05, 3.63) is 50.3 Å². The average Bonchev–Trinajstić information content (AvgIpc) is 2.99. The standard InChI is InChI=1S/C14H13N3O3S/c1-7-6-21-12(15-7)8(2)17-11-4-3-9(13(18)19)5-10(11)16-14(17)20/h3-6,8H,1-2H3,(H,16,20)(H,18,19). The fourth-order valence-corrected chi connectivity index (χ4v) is 3.17. The Hall–Kier alpha value is -2.41. The lowest BCUT2D eigenvalue weighted by molar-refractivity contribution is 0.0697. The number of nitrogens with zero attached hydrogens (tertiary/aromatic N) is 2. The summed E-state index contributed by atoms with van der Waals surface area (Å²) in [6.45, 7) is 3.81. The fourth-order valence-electron chi connectivity index (χ4n) is 2.32. The Labute approximate surface area is 123 Å². The van der Waals surface area contributed by atoms with Gasteiger partial charge in [0.2, 0.25) is 0 Å². The van der Waals surface area contributed by atoms with E-state index in [-0.39, 0.29) is 17.3 Å². The predicted octanol–water partition coefficient (Wildman–Crippen LogP) is 2.40. The number of aromatic carboxylic acids is 1. The van der Waals surface area contributed by atoms with Gasteiger partial charge in [-0.15, -0.1) is 11.3 Å². The van der Waals surface area contributed by atoms with Crippen LogP contribution in [0.4, 0.5) is 0 Å². The van der Waals surface area contributed by atoms with Gasteiger partial charge < -0.3 is 10.1 Å². The van der Waals surface area contributed by atoms with E-state index in [1.165, 1.54) is 23.5 Å². The van der Waals surface area contributed by atoms with Gasteiger partial charge in [0.05, 0.1) is 22.6 Å². The Kier molecular flexibility index (Phi) is 3.13. The topological polar surface area (TPSA) is 88.0 Å². The number of fused-ring (bicyclic) bond motifs is 1. The van der Waals surface area contributed by atoms with Crippen molar-refractivity contribution in [2.75, 3.05) is 0 Å². The molecule has 0 fully saturated rings. The SMILES string of the molecule is Cc1csc(C(C)n2c(=O)[nH]c3cc(C(=O)O)ccc32)n1. The smallest absolute Gasteiger partial charge is 0.335 e. The largest absolute Gasteiger partial charge is 0.478 e. The molecule has 0 amide bonds. The van der Waals surface area contributed by atoms with Crippen molar-refractivity contribution in [1.82, 2.24) is 14.5 Å². The Morgan fingerprint density at radius 3 is 2.86 bits per heavy atom. The van der Waals surface area contributed by atoms with Crippen molar-refractivity contribution in [2.24, 2.45) is 0 Å². The molecule has 3 rings (SSSR count). The molecule has 2 heterocycles. The van der Waals surface area contributed by atoms with Gasteiger partial charge in [0.1, 0.15) is 5.01 Å². The molecule has 1 atom stereocenters. The molecule has 108 valence electrons. The highest BCUT2D eigenvalue weighted by Gasteiger charge is 2.18. The van der Waals surface area contributed by atoms with Crippen LogP contribution in [-0.4, -0.2) is 25.6 Å². The number of benzene rings is 1. The van der Waals surface area contributed by atoms with Gasteiger partial charge in [-0.3, -0.25) is 4.57 Å². The fraction of sp³-hybridized carbons (Fsp3) is 0.214. The minimum absolute atomic E-state index is 0.147. The van der Waals surface area contributed by atoms with Gasteiger partial charge in [-0.1, -0.05) is 0 Å². The number of imidazole rings is 1. The summed E-state index contributed by atoms with van der Waals surface area (Å²) >= 11 is 1.50. The first-order valence-corrected chi connectivity index (χ1v) is 7.25. The number of aromatic amines is 1. The number of aromatic nitrogens is 3. The summed E-state index contributed by atoms with van der Waals surface area (Å²) in [6, 6.07) is 4.40. The minimum Gasteiger partial charge on any atom is -0.478 e. The van der Waals surface area contributed by atoms with Crippen LogP contribution >= 0.6 is 11.3 Å². The van der Waals surface area contributed by atoms with E-state index in [1.807, 2.05) is 19.2 Å². The first kappa shape index (κ1) is 13.6. The molecule has 0 spiro atoms. The molecule has 0 bridgehead atoms. The van der Waals surface area contributed by atoms with E-state index in [2.05, 4.69) is 9.97 Å². The quantitative estimate of drug-likeness (QED) is 0.777. The molecular weight excluding hydrogens is 290 g/mol. The third kappa shape index (κ3) is 2.25. The van der Waals surface area contributed by atoms with Crippen LogP contribution in [0.1, 0.15) is 34.0 Å². The summed E-state index contributed by atoms with van der Waals surface area (Å²) in [5, 5.41) is 11.8. The Bertz CT molecular complexity index is 890. The van der Waals surface area contributed by atoms with Crippen LogP contribution in [0.5, 0.6) is 0 Å². The van der Waals surface area contributed by atoms with Crippen molar-refractivity contribution < 1.29 is 9.90 Å². The number of hydrogen-bond acceptors (Lipinski definition) is 4. The van der Waals surface area contributed by atoms with E-state index in [1.54, 1.807) is 10.6 Å². The van der Waals surface area contributed by atoms with E-state index in [4.69, 9.17) is 5.11 Å². The summed E-state index contributed by atoms with van der Waals surface area (Å²) in [6.07, 6.45) is 0. The lowest BCUT2D eigenvalue weighted by Gasteiger charge is -2.10. The number of carboxylic acid groups (broad SMARTS) is 1. The Morgan fingerprint density at radius 2 is 2.24 bits per heavy atom. The van der Waals surface area contributed by atoms with Gasteiger partial charge in [0.25, 0.3) is 0 Å². The third-order valence-corrected chi connectivity index (χ3v) is 4.48. The van der Waals surface area contributed by atoms with Gasteiger partial charge in [0, 0.05) is 11.1 Å². The zero-order chi connectivity index (χ0) is 15.1. The highest BCUT2D eigenvalue weighted by molar-refractivity contribution is 7.09. The number of carbonyl (C=O) groups is 1. The molecule has 3 aromatic rings. The van der Waals surface area contributed by atoms with Crippen molar-refractivity contribution in [2.45, 2.75) is 19.9 Å². The molecule has 0 aliphatic rings. The Balaban J connectivity index is 2.16. The molecule has 0 saturated heterocycles. The highest BCUT2D eigenvalue weighted by Crippen LogP contribution is 2.24. The number of nitrogens with one attached hydrogen (secondary N) is 1. The van der Waals surface area contributed by atoms with Crippen molar-refractivity contribution >= 4 is 28.3 Å². The minimum atomic E-state index is -1.02. The molecule has 21 heavy (non-hydrogen) atoms. The van der Waals surface area contributed by atoms with Crippen molar-refractivity contribution in [3.63, 3.8) is 0 Å². The number of H-pyrrole nitrogens is 1. The van der Waals surface area contributed by atoms with Gasteiger partial charge in [0.15, 0.2) is 0 Å². The number of hydrogen-bond donors (Lipinski definition) is 2. The van der Waals surface area contributed by atoms with Gasteiger partial charge in [-0.2, -0.15) is 0 Å². The monoisotopic (exact) mass is 303 g/mol. The molecule has 0 radical (unpaired) electrons. The normalized spacial score (nSPS) is 12.7. The molecule has 1 aromatic carbocycles. The lowest BCUT2D eigenvalue weighted by Crippen LogP contribution is -2.21. The van der Waals surface area contributed by atoms with Crippen LogP contribution < -0.4 is 5.69 Å². The second-order valence-corrected chi connectivity index (χ2v) is 5.73. The van der Waals surface area contributed by atoms with Crippen LogP contribution in [0.25, 0.3) is 11.0 Å². The molecule has 2 N–H and O–H groups in total. The van der Waals surface area contributed by atoms with E-state index in [0.29, 0.717) is 11.0 Å².